The predicted octanol–water partition coefficient (Wildman–Crippen LogP) is 0.0987. The Morgan fingerprint density at radius 3 is 2.50 bits per heavy atom. The van der Waals surface area contributed by atoms with Gasteiger partial charge >= 0.3 is 0 Å². The molecule has 0 amide bonds. The van der Waals surface area contributed by atoms with E-state index in [1.165, 1.54) is 0 Å². The molecule has 0 aromatic carbocycles. The van der Waals surface area contributed by atoms with Gasteiger partial charge in [0.15, 0.2) is 0 Å². The second kappa shape index (κ2) is 6.37. The van der Waals surface area contributed by atoms with E-state index in [0.29, 0.717) is 12.6 Å². The van der Waals surface area contributed by atoms with Crippen LogP contribution in [-0.4, -0.2) is 51.4 Å². The van der Waals surface area contributed by atoms with E-state index in [-0.39, 0.29) is 5.75 Å². The summed E-state index contributed by atoms with van der Waals surface area (Å²) in [6.07, 6.45) is 2.45. The summed E-state index contributed by atoms with van der Waals surface area (Å²) >= 11 is 0. The van der Waals surface area contributed by atoms with Gasteiger partial charge < -0.3 is 9.64 Å². The summed E-state index contributed by atoms with van der Waals surface area (Å²) in [5, 5.41) is 0. The lowest BCUT2D eigenvalue weighted by Gasteiger charge is -2.31. The summed E-state index contributed by atoms with van der Waals surface area (Å²) in [6, 6.07) is 0. The summed E-state index contributed by atoms with van der Waals surface area (Å²) < 4.78 is 26.3. The number of rotatable bonds is 5. The summed E-state index contributed by atoms with van der Waals surface area (Å²) in [7, 11) is -2.22. The largest absolute Gasteiger partial charge is 0.378 e. The van der Waals surface area contributed by atoms with Gasteiger partial charge in [-0.05, 0) is 19.8 Å². The number of hydrogen-bond acceptors (Lipinski definition) is 4. The fourth-order valence-electron chi connectivity index (χ4n) is 1.76. The standard InChI is InChI=1S/C9H19NO3S/c1-2-13-9-3-5-10(6-4-9)7-8-14(11)12/h9,14H,2-8H2,1H3. The molecule has 0 bridgehead atoms. The Morgan fingerprint density at radius 1 is 1.36 bits per heavy atom. The highest BCUT2D eigenvalue weighted by atomic mass is 32.2. The Morgan fingerprint density at radius 2 is 2.00 bits per heavy atom. The van der Waals surface area contributed by atoms with Gasteiger partial charge in [-0.15, -0.1) is 0 Å². The molecule has 0 N–H and O–H groups in total. The van der Waals surface area contributed by atoms with Crippen LogP contribution in [0, 0.1) is 0 Å². The summed E-state index contributed by atoms with van der Waals surface area (Å²) in [5.41, 5.74) is 0. The van der Waals surface area contributed by atoms with Crippen LogP contribution in [-0.2, 0) is 15.4 Å². The first-order chi connectivity index (χ1) is 6.72. The third-order valence-electron chi connectivity index (χ3n) is 2.54. The van der Waals surface area contributed by atoms with Crippen LogP contribution in [0.1, 0.15) is 19.8 Å². The fourth-order valence-corrected chi connectivity index (χ4v) is 2.20. The number of hydrogen-bond donors (Lipinski definition) is 1. The Hall–Kier alpha value is -0.130. The molecule has 14 heavy (non-hydrogen) atoms. The van der Waals surface area contributed by atoms with Gasteiger partial charge in [0.25, 0.3) is 0 Å². The topological polar surface area (TPSA) is 46.6 Å². The molecule has 0 unspecified atom stereocenters. The van der Waals surface area contributed by atoms with E-state index in [2.05, 4.69) is 4.90 Å². The van der Waals surface area contributed by atoms with Crippen LogP contribution in [0.3, 0.4) is 0 Å². The number of nitrogens with zero attached hydrogens (tertiary/aromatic N) is 1. The SMILES string of the molecule is CCOC1CCN(CC[SH](=O)=O)CC1. The van der Waals surface area contributed by atoms with Crippen LogP contribution in [0.2, 0.25) is 0 Å². The lowest BCUT2D eigenvalue weighted by atomic mass is 10.1. The van der Waals surface area contributed by atoms with Crippen LogP contribution >= 0.6 is 0 Å². The van der Waals surface area contributed by atoms with Crippen molar-refractivity contribution in [1.82, 2.24) is 4.90 Å². The van der Waals surface area contributed by atoms with E-state index in [1.54, 1.807) is 0 Å². The van der Waals surface area contributed by atoms with Gasteiger partial charge in [-0.2, -0.15) is 0 Å². The number of likely N-dealkylation sites (tertiary alicyclic amines) is 1. The first-order valence-electron chi connectivity index (χ1n) is 5.18. The molecule has 0 spiro atoms. The molecule has 0 aromatic rings. The molecule has 0 saturated carbocycles. The fraction of sp³-hybridized carbons (Fsp3) is 1.00. The van der Waals surface area contributed by atoms with Crippen molar-refractivity contribution in [2.24, 2.45) is 0 Å². The molecule has 1 rings (SSSR count). The Kier molecular flexibility index (Phi) is 5.44. The van der Waals surface area contributed by atoms with Crippen LogP contribution in [0.25, 0.3) is 0 Å². The van der Waals surface area contributed by atoms with E-state index in [0.717, 1.165) is 32.5 Å². The lowest BCUT2D eigenvalue weighted by molar-refractivity contribution is 0.0156. The van der Waals surface area contributed by atoms with E-state index in [9.17, 15) is 8.42 Å². The van der Waals surface area contributed by atoms with Crippen molar-refractivity contribution in [3.05, 3.63) is 0 Å². The van der Waals surface area contributed by atoms with Crippen molar-refractivity contribution < 1.29 is 13.2 Å². The first kappa shape index (κ1) is 11.9. The maximum atomic E-state index is 10.4. The Bertz CT molecular complexity index is 214. The van der Waals surface area contributed by atoms with Crippen LogP contribution in [0.15, 0.2) is 0 Å². The van der Waals surface area contributed by atoms with Crippen molar-refractivity contribution in [1.29, 1.82) is 0 Å². The van der Waals surface area contributed by atoms with Gasteiger partial charge in [0, 0.05) is 26.2 Å². The highest BCUT2D eigenvalue weighted by molar-refractivity contribution is 7.72. The predicted molar refractivity (Wildman–Crippen MR) is 56.3 cm³/mol. The molecule has 1 aliphatic heterocycles. The highest BCUT2D eigenvalue weighted by Crippen LogP contribution is 2.12. The van der Waals surface area contributed by atoms with Gasteiger partial charge in [-0.25, -0.2) is 8.42 Å². The zero-order valence-corrected chi connectivity index (χ0v) is 9.54. The number of ether oxygens (including phenoxy) is 1. The molecule has 5 heteroatoms. The summed E-state index contributed by atoms with van der Waals surface area (Å²) in [6.45, 7) is 5.39. The van der Waals surface area contributed by atoms with Gasteiger partial charge in [-0.1, -0.05) is 0 Å². The van der Waals surface area contributed by atoms with Crippen LogP contribution in [0.4, 0.5) is 0 Å². The van der Waals surface area contributed by atoms with E-state index in [4.69, 9.17) is 4.74 Å². The van der Waals surface area contributed by atoms with Crippen molar-refractivity contribution in [2.45, 2.75) is 25.9 Å². The normalized spacial score (nSPS) is 20.4. The maximum absolute atomic E-state index is 10.4. The highest BCUT2D eigenvalue weighted by Gasteiger charge is 2.18. The molecule has 1 aliphatic rings. The maximum Gasteiger partial charge on any atom is 0.141 e. The Labute approximate surface area is 87.2 Å². The second-order valence-electron chi connectivity index (χ2n) is 3.55. The zero-order valence-electron chi connectivity index (χ0n) is 8.65. The molecular formula is C9H19NO3S. The molecule has 1 heterocycles. The average molecular weight is 221 g/mol. The number of thiol groups is 1. The van der Waals surface area contributed by atoms with E-state index < -0.39 is 10.7 Å². The summed E-state index contributed by atoms with van der Waals surface area (Å²) in [4.78, 5) is 2.20. The zero-order chi connectivity index (χ0) is 10.4. The third kappa shape index (κ3) is 4.39. The molecule has 0 aliphatic carbocycles. The monoisotopic (exact) mass is 221 g/mol. The van der Waals surface area contributed by atoms with Crippen molar-refractivity contribution in [2.75, 3.05) is 32.0 Å². The molecule has 0 aromatic heterocycles. The van der Waals surface area contributed by atoms with Gasteiger partial charge in [0.05, 0.1) is 11.9 Å². The molecule has 0 radical (unpaired) electrons. The molecule has 4 nitrogen and oxygen atoms in total. The van der Waals surface area contributed by atoms with Crippen molar-refractivity contribution in [3.63, 3.8) is 0 Å². The minimum absolute atomic E-state index is 0.286. The average Bonchev–Trinajstić information content (AvgIpc) is 2.17. The third-order valence-corrected chi connectivity index (χ3v) is 3.10. The van der Waals surface area contributed by atoms with Crippen LogP contribution in [0.5, 0.6) is 0 Å². The number of piperidine rings is 1. The van der Waals surface area contributed by atoms with Gasteiger partial charge in [-0.3, -0.25) is 0 Å². The molecular weight excluding hydrogens is 202 g/mol. The molecule has 0 atom stereocenters. The minimum atomic E-state index is -2.22. The van der Waals surface area contributed by atoms with Crippen molar-refractivity contribution in [3.8, 4) is 0 Å². The second-order valence-corrected chi connectivity index (χ2v) is 4.67. The molecule has 1 fully saturated rings. The summed E-state index contributed by atoms with van der Waals surface area (Å²) in [5.74, 6) is 0.286. The van der Waals surface area contributed by atoms with Crippen molar-refractivity contribution >= 4 is 10.7 Å². The lowest BCUT2D eigenvalue weighted by Crippen LogP contribution is -2.38. The van der Waals surface area contributed by atoms with E-state index in [1.807, 2.05) is 6.92 Å². The first-order valence-corrected chi connectivity index (χ1v) is 6.54. The van der Waals surface area contributed by atoms with Gasteiger partial charge in [0.1, 0.15) is 10.7 Å². The molecule has 1 saturated heterocycles. The minimum Gasteiger partial charge on any atom is -0.378 e. The molecule has 84 valence electrons. The smallest absolute Gasteiger partial charge is 0.141 e. The quantitative estimate of drug-likeness (QED) is 0.669. The van der Waals surface area contributed by atoms with E-state index >= 15 is 0 Å². The Balaban J connectivity index is 2.15. The van der Waals surface area contributed by atoms with Crippen LogP contribution < -0.4 is 0 Å². The van der Waals surface area contributed by atoms with Gasteiger partial charge in [0.2, 0.25) is 0 Å².